The maximum atomic E-state index is 13.2. The van der Waals surface area contributed by atoms with E-state index in [0.29, 0.717) is 11.5 Å². The summed E-state index contributed by atoms with van der Waals surface area (Å²) in [5.41, 5.74) is 4.28. The van der Waals surface area contributed by atoms with Crippen LogP contribution in [0.15, 0.2) is 66.9 Å². The summed E-state index contributed by atoms with van der Waals surface area (Å²) in [7, 11) is 0. The van der Waals surface area contributed by atoms with Gasteiger partial charge in [-0.25, -0.2) is 19.3 Å². The summed E-state index contributed by atoms with van der Waals surface area (Å²) < 4.78 is 13.2. The van der Waals surface area contributed by atoms with Gasteiger partial charge in [0.05, 0.1) is 11.2 Å². The van der Waals surface area contributed by atoms with Crippen LogP contribution in [0.3, 0.4) is 0 Å². The van der Waals surface area contributed by atoms with Crippen LogP contribution in [-0.2, 0) is 0 Å². The zero-order valence-corrected chi connectivity index (χ0v) is 13.1. The molecule has 24 heavy (non-hydrogen) atoms. The SMILES string of the molecule is Cc1ccc(-c2ncc3ccccc3n2)nc1-c1ccc(F)cc1. The molecule has 116 valence electrons. The number of aryl methyl sites for hydroxylation is 1. The summed E-state index contributed by atoms with van der Waals surface area (Å²) in [6.07, 6.45) is 1.80. The topological polar surface area (TPSA) is 38.7 Å². The van der Waals surface area contributed by atoms with Crippen LogP contribution in [0.4, 0.5) is 4.39 Å². The van der Waals surface area contributed by atoms with Crippen LogP contribution in [0.1, 0.15) is 5.56 Å². The molecule has 4 aromatic rings. The molecular weight excluding hydrogens is 301 g/mol. The first-order valence-electron chi connectivity index (χ1n) is 7.66. The highest BCUT2D eigenvalue weighted by atomic mass is 19.1. The Bertz CT molecular complexity index is 1030. The highest BCUT2D eigenvalue weighted by Crippen LogP contribution is 2.25. The average Bonchev–Trinajstić information content (AvgIpc) is 2.62. The van der Waals surface area contributed by atoms with Crippen LogP contribution in [0.5, 0.6) is 0 Å². The molecule has 3 nitrogen and oxygen atoms in total. The molecule has 2 aromatic carbocycles. The van der Waals surface area contributed by atoms with Gasteiger partial charge in [0, 0.05) is 17.1 Å². The fourth-order valence-electron chi connectivity index (χ4n) is 2.65. The second kappa shape index (κ2) is 5.81. The number of halogens is 1. The standard InChI is InChI=1S/C20H14FN3/c1-13-6-11-18(23-19(13)14-7-9-16(21)10-8-14)20-22-12-15-4-2-3-5-17(15)24-20/h2-12H,1H3. The van der Waals surface area contributed by atoms with Crippen LogP contribution in [0, 0.1) is 12.7 Å². The number of nitrogens with zero attached hydrogens (tertiary/aromatic N) is 3. The van der Waals surface area contributed by atoms with Crippen molar-refractivity contribution in [3.63, 3.8) is 0 Å². The molecule has 4 rings (SSSR count). The van der Waals surface area contributed by atoms with Crippen LogP contribution in [-0.4, -0.2) is 15.0 Å². The average molecular weight is 315 g/mol. The fraction of sp³-hybridized carbons (Fsp3) is 0.0500. The monoisotopic (exact) mass is 315 g/mol. The van der Waals surface area contributed by atoms with Crippen LogP contribution >= 0.6 is 0 Å². The third-order valence-electron chi connectivity index (χ3n) is 3.93. The molecule has 0 spiro atoms. The Morgan fingerprint density at radius 2 is 1.62 bits per heavy atom. The van der Waals surface area contributed by atoms with E-state index in [2.05, 4.69) is 9.97 Å². The van der Waals surface area contributed by atoms with Gasteiger partial charge in [-0.2, -0.15) is 0 Å². The minimum atomic E-state index is -0.259. The molecule has 0 bridgehead atoms. The Kier molecular flexibility index (Phi) is 3.50. The fourth-order valence-corrected chi connectivity index (χ4v) is 2.65. The van der Waals surface area contributed by atoms with E-state index in [-0.39, 0.29) is 5.82 Å². The first-order chi connectivity index (χ1) is 11.7. The second-order valence-electron chi connectivity index (χ2n) is 5.62. The van der Waals surface area contributed by atoms with E-state index >= 15 is 0 Å². The van der Waals surface area contributed by atoms with Crippen molar-refractivity contribution < 1.29 is 4.39 Å². The van der Waals surface area contributed by atoms with E-state index in [1.165, 1.54) is 12.1 Å². The summed E-state index contributed by atoms with van der Waals surface area (Å²) in [5.74, 6) is 0.322. The minimum Gasteiger partial charge on any atom is -0.244 e. The molecule has 0 fully saturated rings. The largest absolute Gasteiger partial charge is 0.244 e. The third-order valence-corrected chi connectivity index (χ3v) is 3.93. The van der Waals surface area contributed by atoms with Crippen molar-refractivity contribution in [1.82, 2.24) is 15.0 Å². The lowest BCUT2D eigenvalue weighted by Crippen LogP contribution is -1.96. The van der Waals surface area contributed by atoms with Crippen molar-refractivity contribution in [1.29, 1.82) is 0 Å². The van der Waals surface area contributed by atoms with Gasteiger partial charge in [-0.05, 0) is 48.9 Å². The molecule has 0 aliphatic carbocycles. The number of fused-ring (bicyclic) bond motifs is 1. The van der Waals surface area contributed by atoms with Crippen molar-refractivity contribution in [2.45, 2.75) is 6.92 Å². The first-order valence-corrected chi connectivity index (χ1v) is 7.66. The lowest BCUT2D eigenvalue weighted by Gasteiger charge is -2.08. The normalized spacial score (nSPS) is 10.9. The number of rotatable bonds is 2. The zero-order valence-electron chi connectivity index (χ0n) is 13.1. The van der Waals surface area contributed by atoms with Gasteiger partial charge in [0.15, 0.2) is 5.82 Å². The lowest BCUT2D eigenvalue weighted by molar-refractivity contribution is 0.628. The number of hydrogen-bond acceptors (Lipinski definition) is 3. The summed E-state index contributed by atoms with van der Waals surface area (Å²) in [4.78, 5) is 13.7. The smallest absolute Gasteiger partial charge is 0.178 e. The molecule has 0 atom stereocenters. The number of pyridine rings is 1. The summed E-state index contributed by atoms with van der Waals surface area (Å²) >= 11 is 0. The van der Waals surface area contributed by atoms with Gasteiger partial charge in [-0.15, -0.1) is 0 Å². The number of benzene rings is 2. The Morgan fingerprint density at radius 1 is 0.833 bits per heavy atom. The van der Waals surface area contributed by atoms with Crippen molar-refractivity contribution in [2.24, 2.45) is 0 Å². The first kappa shape index (κ1) is 14.5. The zero-order chi connectivity index (χ0) is 16.5. The summed E-state index contributed by atoms with van der Waals surface area (Å²) in [6.45, 7) is 1.98. The minimum absolute atomic E-state index is 0.259. The van der Waals surface area contributed by atoms with Crippen LogP contribution < -0.4 is 0 Å². The summed E-state index contributed by atoms with van der Waals surface area (Å²) in [5, 5.41) is 0.993. The number of para-hydroxylation sites is 1. The van der Waals surface area contributed by atoms with E-state index in [9.17, 15) is 4.39 Å². The molecule has 2 heterocycles. The summed E-state index contributed by atoms with van der Waals surface area (Å²) in [6, 6.07) is 18.1. The molecule has 0 aliphatic rings. The van der Waals surface area contributed by atoms with Crippen molar-refractivity contribution in [3.8, 4) is 22.8 Å². The van der Waals surface area contributed by atoms with Crippen LogP contribution in [0.25, 0.3) is 33.7 Å². The molecule has 0 saturated carbocycles. The number of aromatic nitrogens is 3. The lowest BCUT2D eigenvalue weighted by atomic mass is 10.1. The Hall–Kier alpha value is -3.14. The molecule has 0 saturated heterocycles. The Balaban J connectivity index is 1.83. The van der Waals surface area contributed by atoms with E-state index < -0.39 is 0 Å². The van der Waals surface area contributed by atoms with Gasteiger partial charge in [0.25, 0.3) is 0 Å². The molecule has 0 amide bonds. The molecular formula is C20H14FN3. The van der Waals surface area contributed by atoms with Gasteiger partial charge >= 0.3 is 0 Å². The van der Waals surface area contributed by atoms with Gasteiger partial charge < -0.3 is 0 Å². The second-order valence-corrected chi connectivity index (χ2v) is 5.62. The molecule has 0 radical (unpaired) electrons. The Labute approximate surface area is 138 Å². The van der Waals surface area contributed by atoms with Gasteiger partial charge in [-0.1, -0.05) is 24.3 Å². The van der Waals surface area contributed by atoms with Gasteiger partial charge in [0.2, 0.25) is 0 Å². The van der Waals surface area contributed by atoms with Gasteiger partial charge in [0.1, 0.15) is 11.5 Å². The molecule has 2 aromatic heterocycles. The number of hydrogen-bond donors (Lipinski definition) is 0. The Morgan fingerprint density at radius 3 is 2.46 bits per heavy atom. The predicted molar refractivity (Wildman–Crippen MR) is 92.9 cm³/mol. The van der Waals surface area contributed by atoms with Gasteiger partial charge in [-0.3, -0.25) is 0 Å². The molecule has 0 unspecified atom stereocenters. The quantitative estimate of drug-likeness (QED) is 0.533. The third kappa shape index (κ3) is 2.63. The van der Waals surface area contributed by atoms with E-state index in [4.69, 9.17) is 4.98 Å². The maximum absolute atomic E-state index is 13.2. The van der Waals surface area contributed by atoms with E-state index in [1.54, 1.807) is 18.3 Å². The molecule has 0 aliphatic heterocycles. The van der Waals surface area contributed by atoms with E-state index in [0.717, 1.165) is 27.7 Å². The maximum Gasteiger partial charge on any atom is 0.178 e. The molecule has 0 N–H and O–H groups in total. The molecule has 4 heteroatoms. The van der Waals surface area contributed by atoms with Crippen LogP contribution in [0.2, 0.25) is 0 Å². The van der Waals surface area contributed by atoms with Crippen molar-refractivity contribution >= 4 is 10.9 Å². The van der Waals surface area contributed by atoms with Crippen molar-refractivity contribution in [2.75, 3.05) is 0 Å². The highest BCUT2D eigenvalue weighted by Gasteiger charge is 2.09. The van der Waals surface area contributed by atoms with E-state index in [1.807, 2.05) is 43.3 Å². The predicted octanol–water partition coefficient (Wildman–Crippen LogP) is 4.81. The van der Waals surface area contributed by atoms with Crippen molar-refractivity contribution in [3.05, 3.63) is 78.2 Å². The highest BCUT2D eigenvalue weighted by molar-refractivity contribution is 5.79.